The number of benzene rings is 1. The van der Waals surface area contributed by atoms with E-state index in [-0.39, 0.29) is 11.9 Å². The van der Waals surface area contributed by atoms with E-state index in [9.17, 15) is 4.79 Å². The second-order valence-electron chi connectivity index (χ2n) is 5.16. The number of carbonyl (C=O) groups excluding carboxylic acids is 1. The Hall–Kier alpha value is -2.10. The summed E-state index contributed by atoms with van der Waals surface area (Å²) < 4.78 is 6.79. The first-order chi connectivity index (χ1) is 9.79. The summed E-state index contributed by atoms with van der Waals surface area (Å²) in [5, 5.41) is 4.52. The van der Waals surface area contributed by atoms with Gasteiger partial charge in [0.25, 0.3) is 0 Å². The van der Waals surface area contributed by atoms with Crippen LogP contribution in [-0.2, 0) is 16.0 Å². The van der Waals surface area contributed by atoms with Crippen molar-refractivity contribution in [2.45, 2.75) is 31.6 Å². The van der Waals surface area contributed by atoms with Crippen molar-refractivity contribution >= 4 is 5.97 Å². The molecule has 0 spiro atoms. The summed E-state index contributed by atoms with van der Waals surface area (Å²) in [6, 6.07) is 10.1. The Morgan fingerprint density at radius 1 is 1.40 bits per heavy atom. The molecule has 0 saturated heterocycles. The summed E-state index contributed by atoms with van der Waals surface area (Å²) in [6.45, 7) is 0. The molecule has 0 saturated carbocycles. The number of ether oxygens (including phenoxy) is 1. The maximum absolute atomic E-state index is 11.5. The molecule has 20 heavy (non-hydrogen) atoms. The van der Waals surface area contributed by atoms with Gasteiger partial charge < -0.3 is 4.74 Å². The number of aromatic nitrogens is 2. The highest BCUT2D eigenvalue weighted by atomic mass is 16.5. The summed E-state index contributed by atoms with van der Waals surface area (Å²) in [7, 11) is 1.44. The van der Waals surface area contributed by atoms with Crippen molar-refractivity contribution in [1.82, 2.24) is 9.78 Å². The average Bonchev–Trinajstić information content (AvgIpc) is 2.93. The second-order valence-corrected chi connectivity index (χ2v) is 5.16. The van der Waals surface area contributed by atoms with E-state index in [1.165, 1.54) is 18.4 Å². The molecule has 1 atom stereocenters. The fraction of sp³-hybridized carbons (Fsp3) is 0.375. The van der Waals surface area contributed by atoms with Gasteiger partial charge in [0.15, 0.2) is 0 Å². The van der Waals surface area contributed by atoms with Gasteiger partial charge in [0, 0.05) is 5.69 Å². The van der Waals surface area contributed by atoms with Gasteiger partial charge >= 0.3 is 5.97 Å². The predicted octanol–water partition coefficient (Wildman–Crippen LogP) is 2.86. The SMILES string of the molecule is COC(=O)CC1CCCc2c1cnn2-c1ccccc1. The third kappa shape index (κ3) is 2.33. The van der Waals surface area contributed by atoms with Crippen LogP contribution in [0.25, 0.3) is 5.69 Å². The first kappa shape index (κ1) is 12.9. The monoisotopic (exact) mass is 270 g/mol. The van der Waals surface area contributed by atoms with Crippen LogP contribution < -0.4 is 0 Å². The minimum Gasteiger partial charge on any atom is -0.469 e. The van der Waals surface area contributed by atoms with Gasteiger partial charge in [0.2, 0.25) is 0 Å². The lowest BCUT2D eigenvalue weighted by Gasteiger charge is -2.22. The highest BCUT2D eigenvalue weighted by molar-refractivity contribution is 5.70. The number of carbonyl (C=O) groups is 1. The van der Waals surface area contributed by atoms with Crippen molar-refractivity contribution in [3.63, 3.8) is 0 Å². The Morgan fingerprint density at radius 3 is 2.95 bits per heavy atom. The van der Waals surface area contributed by atoms with Gasteiger partial charge in [-0.15, -0.1) is 0 Å². The zero-order valence-electron chi connectivity index (χ0n) is 11.6. The van der Waals surface area contributed by atoms with Gasteiger partial charge in [-0.05, 0) is 42.9 Å². The van der Waals surface area contributed by atoms with Crippen LogP contribution in [0, 0.1) is 0 Å². The van der Waals surface area contributed by atoms with Crippen LogP contribution in [0.3, 0.4) is 0 Å². The Labute approximate surface area is 118 Å². The van der Waals surface area contributed by atoms with E-state index in [1.54, 1.807) is 0 Å². The van der Waals surface area contributed by atoms with Gasteiger partial charge in [0.1, 0.15) is 0 Å². The molecular formula is C16H18N2O2. The van der Waals surface area contributed by atoms with Crippen molar-refractivity contribution in [2.75, 3.05) is 7.11 Å². The summed E-state index contributed by atoms with van der Waals surface area (Å²) in [6.07, 6.45) is 5.50. The zero-order chi connectivity index (χ0) is 13.9. The Kier molecular flexibility index (Phi) is 3.54. The van der Waals surface area contributed by atoms with Crippen molar-refractivity contribution < 1.29 is 9.53 Å². The van der Waals surface area contributed by atoms with Crippen LogP contribution in [-0.4, -0.2) is 22.9 Å². The molecule has 1 aromatic heterocycles. The Balaban J connectivity index is 1.93. The van der Waals surface area contributed by atoms with Gasteiger partial charge in [0.05, 0.1) is 25.4 Å². The smallest absolute Gasteiger partial charge is 0.306 e. The van der Waals surface area contributed by atoms with E-state index < -0.39 is 0 Å². The van der Waals surface area contributed by atoms with Gasteiger partial charge in [-0.3, -0.25) is 4.79 Å². The number of hydrogen-bond donors (Lipinski definition) is 0. The molecule has 1 aliphatic carbocycles. The van der Waals surface area contributed by atoms with E-state index in [0.717, 1.165) is 24.9 Å². The molecule has 4 heteroatoms. The molecule has 0 bridgehead atoms. The molecule has 1 aromatic carbocycles. The topological polar surface area (TPSA) is 44.1 Å². The third-order valence-corrected chi connectivity index (χ3v) is 3.95. The molecule has 1 unspecified atom stereocenters. The Morgan fingerprint density at radius 2 is 2.20 bits per heavy atom. The molecule has 0 aliphatic heterocycles. The first-order valence-corrected chi connectivity index (χ1v) is 6.98. The lowest BCUT2D eigenvalue weighted by Crippen LogP contribution is -2.15. The molecular weight excluding hydrogens is 252 g/mol. The molecule has 0 radical (unpaired) electrons. The van der Waals surface area contributed by atoms with Crippen LogP contribution in [0.5, 0.6) is 0 Å². The summed E-state index contributed by atoms with van der Waals surface area (Å²) >= 11 is 0. The van der Waals surface area contributed by atoms with Gasteiger partial charge in [-0.2, -0.15) is 5.10 Å². The van der Waals surface area contributed by atoms with E-state index in [1.807, 2.05) is 29.1 Å². The highest BCUT2D eigenvalue weighted by Gasteiger charge is 2.26. The lowest BCUT2D eigenvalue weighted by molar-refractivity contribution is -0.141. The second kappa shape index (κ2) is 5.49. The number of para-hydroxylation sites is 1. The van der Waals surface area contributed by atoms with E-state index in [0.29, 0.717) is 6.42 Å². The summed E-state index contributed by atoms with van der Waals surface area (Å²) in [5.41, 5.74) is 3.51. The van der Waals surface area contributed by atoms with Crippen LogP contribution in [0.4, 0.5) is 0 Å². The molecule has 2 aromatic rings. The third-order valence-electron chi connectivity index (χ3n) is 3.95. The molecule has 3 rings (SSSR count). The highest BCUT2D eigenvalue weighted by Crippen LogP contribution is 2.35. The van der Waals surface area contributed by atoms with Crippen molar-refractivity contribution in [2.24, 2.45) is 0 Å². The molecule has 0 amide bonds. The minimum absolute atomic E-state index is 0.143. The fourth-order valence-corrected chi connectivity index (χ4v) is 2.94. The first-order valence-electron chi connectivity index (χ1n) is 6.98. The zero-order valence-corrected chi connectivity index (χ0v) is 11.6. The maximum atomic E-state index is 11.5. The molecule has 104 valence electrons. The number of esters is 1. The van der Waals surface area contributed by atoms with Crippen LogP contribution in [0.1, 0.15) is 36.4 Å². The van der Waals surface area contributed by atoms with Crippen molar-refractivity contribution in [1.29, 1.82) is 0 Å². The normalized spacial score (nSPS) is 17.6. The van der Waals surface area contributed by atoms with Crippen molar-refractivity contribution in [3.05, 3.63) is 47.8 Å². The van der Waals surface area contributed by atoms with E-state index in [2.05, 4.69) is 17.2 Å². The van der Waals surface area contributed by atoms with Crippen molar-refractivity contribution in [3.8, 4) is 5.69 Å². The number of rotatable bonds is 3. The summed E-state index contributed by atoms with van der Waals surface area (Å²) in [5.74, 6) is 0.0963. The molecule has 1 aliphatic rings. The number of fused-ring (bicyclic) bond motifs is 1. The van der Waals surface area contributed by atoms with Gasteiger partial charge in [-0.1, -0.05) is 18.2 Å². The average molecular weight is 270 g/mol. The van der Waals surface area contributed by atoms with E-state index in [4.69, 9.17) is 4.74 Å². The molecule has 1 heterocycles. The summed E-state index contributed by atoms with van der Waals surface area (Å²) in [4.78, 5) is 11.5. The van der Waals surface area contributed by atoms with Crippen LogP contribution in [0.15, 0.2) is 36.5 Å². The Bertz CT molecular complexity index is 604. The molecule has 0 N–H and O–H groups in total. The predicted molar refractivity (Wildman–Crippen MR) is 75.9 cm³/mol. The number of methoxy groups -OCH3 is 1. The molecule has 0 fully saturated rings. The van der Waals surface area contributed by atoms with Gasteiger partial charge in [-0.25, -0.2) is 4.68 Å². The van der Waals surface area contributed by atoms with Crippen LogP contribution in [0.2, 0.25) is 0 Å². The maximum Gasteiger partial charge on any atom is 0.306 e. The fourth-order valence-electron chi connectivity index (χ4n) is 2.94. The molecule has 4 nitrogen and oxygen atoms in total. The minimum atomic E-state index is -0.143. The quantitative estimate of drug-likeness (QED) is 0.805. The number of nitrogens with zero attached hydrogens (tertiary/aromatic N) is 2. The largest absolute Gasteiger partial charge is 0.469 e. The van der Waals surface area contributed by atoms with E-state index >= 15 is 0 Å². The lowest BCUT2D eigenvalue weighted by atomic mass is 9.85. The van der Waals surface area contributed by atoms with Crippen LogP contribution >= 0.6 is 0 Å². The standard InChI is InChI=1S/C16H18N2O2/c1-20-16(19)10-12-6-5-9-15-14(12)11-17-18(15)13-7-3-2-4-8-13/h2-4,7-8,11-12H,5-6,9-10H2,1H3. The number of hydrogen-bond acceptors (Lipinski definition) is 3.